The van der Waals surface area contributed by atoms with Gasteiger partial charge in [-0.15, -0.1) is 0 Å². The maximum Gasteiger partial charge on any atom is 0.234 e. The van der Waals surface area contributed by atoms with Gasteiger partial charge < -0.3 is 10.2 Å². The zero-order chi connectivity index (χ0) is 7.98. The molecule has 0 aliphatic carbocycles. The quantitative estimate of drug-likeness (QED) is 0.557. The van der Waals surface area contributed by atoms with Crippen molar-refractivity contribution in [3.63, 3.8) is 0 Å². The molecule has 10 heavy (non-hydrogen) atoms. The molecule has 1 amide bonds. The Morgan fingerprint density at radius 1 is 1.50 bits per heavy atom. The number of carbonyl (C=O) groups is 1. The summed E-state index contributed by atoms with van der Waals surface area (Å²) in [5.74, 6) is -0.0964. The van der Waals surface area contributed by atoms with Crippen molar-refractivity contribution in [3.8, 4) is 0 Å². The molecular weight excluding hydrogens is 132 g/mol. The van der Waals surface area contributed by atoms with Crippen LogP contribution in [0.15, 0.2) is 0 Å². The van der Waals surface area contributed by atoms with E-state index in [2.05, 4.69) is 5.32 Å². The summed E-state index contributed by atoms with van der Waals surface area (Å²) in [5.41, 5.74) is 0. The van der Waals surface area contributed by atoms with Gasteiger partial charge >= 0.3 is 0 Å². The molecule has 0 saturated carbocycles. The number of hydrogen-bond donors (Lipinski definition) is 1. The molecule has 1 radical (unpaired) electrons. The van der Waals surface area contributed by atoms with Crippen LogP contribution in [0.5, 0.6) is 0 Å². The summed E-state index contributed by atoms with van der Waals surface area (Å²) in [6.07, 6.45) is 0. The second-order valence-corrected chi connectivity index (χ2v) is 2.29. The van der Waals surface area contributed by atoms with Gasteiger partial charge in [0.25, 0.3) is 0 Å². The lowest BCUT2D eigenvalue weighted by Gasteiger charge is -2.08. The lowest BCUT2D eigenvalue weighted by atomic mass is 10.5. The van der Waals surface area contributed by atoms with E-state index in [0.29, 0.717) is 6.54 Å². The van der Waals surface area contributed by atoms with Crippen LogP contribution < -0.4 is 5.32 Å². The molecule has 0 saturated heterocycles. The second-order valence-electron chi connectivity index (χ2n) is 2.29. The molecule has 0 atom stereocenters. The minimum absolute atomic E-state index is 0.0964. The van der Waals surface area contributed by atoms with Crippen LogP contribution in [-0.4, -0.2) is 44.6 Å². The van der Waals surface area contributed by atoms with Gasteiger partial charge in [0, 0.05) is 6.54 Å². The third kappa shape index (κ3) is 5.53. The van der Waals surface area contributed by atoms with E-state index in [1.807, 2.05) is 0 Å². The van der Waals surface area contributed by atoms with Crippen LogP contribution in [0.4, 0.5) is 0 Å². The summed E-state index contributed by atoms with van der Waals surface area (Å²) in [6, 6.07) is 0. The standard InChI is InChI=1S/C6H13N2O2/c1-8(2)5-6(10)7-3-4-9/h3-5H2,1-2H3,(H,7,10). The number of amides is 1. The Bertz CT molecular complexity index is 104. The van der Waals surface area contributed by atoms with E-state index in [1.54, 1.807) is 19.0 Å². The number of rotatable bonds is 4. The molecule has 0 rings (SSSR count). The van der Waals surface area contributed by atoms with E-state index >= 15 is 0 Å². The van der Waals surface area contributed by atoms with Crippen LogP contribution in [0.3, 0.4) is 0 Å². The van der Waals surface area contributed by atoms with Crippen LogP contribution in [0.2, 0.25) is 0 Å². The molecule has 0 aliphatic heterocycles. The number of nitrogens with zero attached hydrogens (tertiary/aromatic N) is 1. The Hall–Kier alpha value is -0.610. The van der Waals surface area contributed by atoms with Crippen LogP contribution in [-0.2, 0) is 9.90 Å². The Kier molecular flexibility index (Phi) is 4.88. The average molecular weight is 145 g/mol. The first-order valence-corrected chi connectivity index (χ1v) is 3.16. The fraction of sp³-hybridized carbons (Fsp3) is 0.833. The highest BCUT2D eigenvalue weighted by atomic mass is 16.3. The zero-order valence-corrected chi connectivity index (χ0v) is 6.39. The van der Waals surface area contributed by atoms with Gasteiger partial charge in [-0.05, 0) is 14.1 Å². The number of likely N-dealkylation sites (N-methyl/N-ethyl adjacent to an activating group) is 1. The van der Waals surface area contributed by atoms with Crippen LogP contribution >= 0.6 is 0 Å². The predicted molar refractivity (Wildman–Crippen MR) is 37.1 cm³/mol. The van der Waals surface area contributed by atoms with Gasteiger partial charge in [0.15, 0.2) is 0 Å². The van der Waals surface area contributed by atoms with Crippen LogP contribution in [0.25, 0.3) is 0 Å². The summed E-state index contributed by atoms with van der Waals surface area (Å²) in [5, 5.41) is 12.4. The van der Waals surface area contributed by atoms with Gasteiger partial charge in [0.05, 0.1) is 13.2 Å². The Morgan fingerprint density at radius 2 is 2.10 bits per heavy atom. The highest BCUT2D eigenvalue weighted by Gasteiger charge is 1.99. The third-order valence-electron chi connectivity index (χ3n) is 0.884. The number of carbonyl (C=O) groups excluding carboxylic acids is 1. The lowest BCUT2D eigenvalue weighted by Crippen LogP contribution is -2.34. The first kappa shape index (κ1) is 9.39. The maximum absolute atomic E-state index is 10.7. The Labute approximate surface area is 60.8 Å². The van der Waals surface area contributed by atoms with Gasteiger partial charge in [-0.1, -0.05) is 0 Å². The van der Waals surface area contributed by atoms with Crippen molar-refractivity contribution < 1.29 is 9.90 Å². The zero-order valence-electron chi connectivity index (χ0n) is 6.39. The van der Waals surface area contributed by atoms with E-state index < -0.39 is 0 Å². The normalized spacial score (nSPS) is 10.0. The largest absolute Gasteiger partial charge is 0.353 e. The molecule has 0 heterocycles. The van der Waals surface area contributed by atoms with Gasteiger partial charge in [0.2, 0.25) is 5.91 Å². The van der Waals surface area contributed by atoms with Crippen LogP contribution in [0, 0.1) is 0 Å². The summed E-state index contributed by atoms with van der Waals surface area (Å²) in [6.45, 7) is 0.325. The van der Waals surface area contributed by atoms with Gasteiger partial charge in [0.1, 0.15) is 0 Å². The Balaban J connectivity index is 3.26. The smallest absolute Gasteiger partial charge is 0.234 e. The summed E-state index contributed by atoms with van der Waals surface area (Å²) >= 11 is 0. The number of nitrogens with one attached hydrogen (secondary N) is 1. The van der Waals surface area contributed by atoms with E-state index in [4.69, 9.17) is 0 Å². The van der Waals surface area contributed by atoms with Crippen molar-refractivity contribution in [3.05, 3.63) is 0 Å². The lowest BCUT2D eigenvalue weighted by molar-refractivity contribution is -0.121. The van der Waals surface area contributed by atoms with E-state index in [-0.39, 0.29) is 19.1 Å². The van der Waals surface area contributed by atoms with Gasteiger partial charge in [-0.2, -0.15) is 0 Å². The molecule has 0 aromatic rings. The summed E-state index contributed by atoms with van der Waals surface area (Å²) in [7, 11) is 3.60. The topological polar surface area (TPSA) is 52.2 Å². The van der Waals surface area contributed by atoms with E-state index in [1.165, 1.54) is 0 Å². The molecular formula is C6H13N2O2. The predicted octanol–water partition coefficient (Wildman–Crippen LogP) is -0.905. The molecule has 4 heteroatoms. The molecule has 0 fully saturated rings. The van der Waals surface area contributed by atoms with Crippen molar-refractivity contribution in [1.82, 2.24) is 10.2 Å². The highest BCUT2D eigenvalue weighted by Crippen LogP contribution is 1.72. The van der Waals surface area contributed by atoms with E-state index in [9.17, 15) is 9.90 Å². The van der Waals surface area contributed by atoms with Crippen molar-refractivity contribution >= 4 is 5.91 Å². The van der Waals surface area contributed by atoms with Gasteiger partial charge in [-0.25, -0.2) is 5.11 Å². The molecule has 1 N–H and O–H groups in total. The first-order valence-electron chi connectivity index (χ1n) is 3.16. The Morgan fingerprint density at radius 3 is 2.50 bits per heavy atom. The summed E-state index contributed by atoms with van der Waals surface area (Å²) in [4.78, 5) is 12.5. The fourth-order valence-corrected chi connectivity index (χ4v) is 0.534. The molecule has 0 aromatic carbocycles. The van der Waals surface area contributed by atoms with Gasteiger partial charge in [-0.3, -0.25) is 4.79 Å². The molecule has 59 valence electrons. The average Bonchev–Trinajstić information content (AvgIpc) is 1.82. The minimum Gasteiger partial charge on any atom is -0.353 e. The molecule has 0 aliphatic rings. The molecule has 0 aromatic heterocycles. The minimum atomic E-state index is -0.251. The molecule has 0 spiro atoms. The monoisotopic (exact) mass is 145 g/mol. The van der Waals surface area contributed by atoms with Crippen LogP contribution in [0.1, 0.15) is 0 Å². The third-order valence-corrected chi connectivity index (χ3v) is 0.884. The summed E-state index contributed by atoms with van der Waals surface area (Å²) < 4.78 is 0. The highest BCUT2D eigenvalue weighted by molar-refractivity contribution is 5.77. The maximum atomic E-state index is 10.7. The first-order chi connectivity index (χ1) is 4.66. The molecule has 0 unspecified atom stereocenters. The van der Waals surface area contributed by atoms with Crippen molar-refractivity contribution in [2.75, 3.05) is 33.8 Å². The molecule has 0 bridgehead atoms. The van der Waals surface area contributed by atoms with Crippen molar-refractivity contribution in [2.45, 2.75) is 0 Å². The van der Waals surface area contributed by atoms with E-state index in [0.717, 1.165) is 0 Å². The number of hydrogen-bond acceptors (Lipinski definition) is 2. The fourth-order valence-electron chi connectivity index (χ4n) is 0.534. The second kappa shape index (κ2) is 5.20. The van der Waals surface area contributed by atoms with Crippen molar-refractivity contribution in [1.29, 1.82) is 0 Å². The SMILES string of the molecule is CN(C)CC(=O)NCC[O]. The molecule has 4 nitrogen and oxygen atoms in total. The van der Waals surface area contributed by atoms with Crippen molar-refractivity contribution in [2.24, 2.45) is 0 Å².